The molecular formula is C23H14F3N5. The van der Waals surface area contributed by atoms with Gasteiger partial charge in [-0.1, -0.05) is 0 Å². The number of aryl methyl sites for hydroxylation is 1. The molecule has 4 heterocycles. The number of fused-ring (bicyclic) bond motifs is 1. The summed E-state index contributed by atoms with van der Waals surface area (Å²) >= 11 is 0. The second-order valence-corrected chi connectivity index (χ2v) is 7.04. The molecule has 5 aromatic rings. The van der Waals surface area contributed by atoms with E-state index in [0.29, 0.717) is 17.3 Å². The second kappa shape index (κ2) is 7.32. The number of pyridine rings is 3. The van der Waals surface area contributed by atoms with Crippen molar-refractivity contribution in [3.05, 3.63) is 84.8 Å². The van der Waals surface area contributed by atoms with Crippen LogP contribution in [0.2, 0.25) is 0 Å². The zero-order valence-corrected chi connectivity index (χ0v) is 16.2. The number of benzene rings is 1. The lowest BCUT2D eigenvalue weighted by atomic mass is 9.99. The molecule has 0 unspecified atom stereocenters. The molecule has 0 bridgehead atoms. The van der Waals surface area contributed by atoms with Crippen molar-refractivity contribution >= 4 is 11.0 Å². The first-order chi connectivity index (χ1) is 15.0. The average Bonchev–Trinajstić information content (AvgIpc) is 3.22. The second-order valence-electron chi connectivity index (χ2n) is 7.04. The van der Waals surface area contributed by atoms with Crippen LogP contribution in [0.25, 0.3) is 44.5 Å². The lowest BCUT2D eigenvalue weighted by molar-refractivity contribution is 0.496. The van der Waals surface area contributed by atoms with E-state index in [0.717, 1.165) is 28.1 Å². The Kier molecular flexibility index (Phi) is 4.47. The van der Waals surface area contributed by atoms with Gasteiger partial charge in [0, 0.05) is 65.5 Å². The summed E-state index contributed by atoms with van der Waals surface area (Å²) in [4.78, 5) is 13.0. The van der Waals surface area contributed by atoms with Gasteiger partial charge >= 0.3 is 0 Å². The van der Waals surface area contributed by atoms with Crippen molar-refractivity contribution in [1.29, 1.82) is 0 Å². The topological polar surface area (TPSA) is 56.5 Å². The molecule has 0 saturated heterocycles. The fraction of sp³-hybridized carbons (Fsp3) is 0.0435. The Morgan fingerprint density at radius 2 is 1.61 bits per heavy atom. The summed E-state index contributed by atoms with van der Waals surface area (Å²) in [5, 5.41) is 4.91. The van der Waals surface area contributed by atoms with E-state index in [4.69, 9.17) is 0 Å². The molecule has 0 fully saturated rings. The van der Waals surface area contributed by atoms with Gasteiger partial charge in [0.1, 0.15) is 5.82 Å². The van der Waals surface area contributed by atoms with Crippen LogP contribution in [0.4, 0.5) is 13.2 Å². The van der Waals surface area contributed by atoms with E-state index in [9.17, 15) is 13.2 Å². The van der Waals surface area contributed by atoms with Crippen LogP contribution in [0.5, 0.6) is 0 Å². The van der Waals surface area contributed by atoms with Crippen LogP contribution in [0, 0.1) is 17.5 Å². The smallest absolute Gasteiger partial charge is 0.161 e. The maximum Gasteiger partial charge on any atom is 0.161 e. The van der Waals surface area contributed by atoms with Crippen molar-refractivity contribution in [3.63, 3.8) is 0 Å². The summed E-state index contributed by atoms with van der Waals surface area (Å²) in [5.74, 6) is -3.32. The summed E-state index contributed by atoms with van der Waals surface area (Å²) in [6, 6.07) is 8.48. The van der Waals surface area contributed by atoms with Gasteiger partial charge in [0.2, 0.25) is 0 Å². The van der Waals surface area contributed by atoms with E-state index in [2.05, 4.69) is 20.1 Å². The van der Waals surface area contributed by atoms with Crippen molar-refractivity contribution in [2.24, 2.45) is 7.05 Å². The summed E-state index contributed by atoms with van der Waals surface area (Å²) in [6.07, 6.45) is 8.56. The Labute approximate surface area is 174 Å². The van der Waals surface area contributed by atoms with Crippen molar-refractivity contribution in [1.82, 2.24) is 24.7 Å². The van der Waals surface area contributed by atoms with Crippen LogP contribution >= 0.6 is 0 Å². The van der Waals surface area contributed by atoms with Crippen molar-refractivity contribution in [2.75, 3.05) is 0 Å². The molecule has 0 radical (unpaired) electrons. The molecule has 0 N–H and O–H groups in total. The number of nitrogens with zero attached hydrogens (tertiary/aromatic N) is 5. The van der Waals surface area contributed by atoms with E-state index in [1.165, 1.54) is 0 Å². The monoisotopic (exact) mass is 417 g/mol. The van der Waals surface area contributed by atoms with Crippen LogP contribution in [-0.4, -0.2) is 24.7 Å². The third kappa shape index (κ3) is 3.42. The molecular weight excluding hydrogens is 403 g/mol. The predicted molar refractivity (Wildman–Crippen MR) is 110 cm³/mol. The Hall–Kier alpha value is -4.07. The third-order valence-corrected chi connectivity index (χ3v) is 4.96. The average molecular weight is 417 g/mol. The Morgan fingerprint density at radius 1 is 0.806 bits per heavy atom. The lowest BCUT2D eigenvalue weighted by Gasteiger charge is -2.11. The molecule has 0 aliphatic heterocycles. The van der Waals surface area contributed by atoms with E-state index in [1.54, 1.807) is 41.6 Å². The fourth-order valence-electron chi connectivity index (χ4n) is 3.47. The standard InChI is InChI=1S/C23H14F3N5/c1-31-12-15(11-29-31)13-5-14(10-27-9-13)17-7-22(30-23-16(17)3-2-4-28-23)18-6-20(25)21(26)8-19(18)24/h2-12H,1H3. The molecule has 0 amide bonds. The zero-order valence-electron chi connectivity index (χ0n) is 16.2. The fourth-order valence-corrected chi connectivity index (χ4v) is 3.47. The highest BCUT2D eigenvalue weighted by molar-refractivity contribution is 5.95. The van der Waals surface area contributed by atoms with Gasteiger partial charge in [-0.2, -0.15) is 5.10 Å². The van der Waals surface area contributed by atoms with Gasteiger partial charge in [-0.05, 0) is 35.9 Å². The highest BCUT2D eigenvalue weighted by Gasteiger charge is 2.16. The van der Waals surface area contributed by atoms with Crippen LogP contribution in [0.1, 0.15) is 0 Å². The minimum absolute atomic E-state index is 0.143. The molecule has 5 nitrogen and oxygen atoms in total. The molecule has 5 rings (SSSR count). The molecule has 8 heteroatoms. The predicted octanol–water partition coefficient (Wildman–Crippen LogP) is 5.18. The minimum atomic E-state index is -1.26. The molecule has 0 saturated carbocycles. The molecule has 4 aromatic heterocycles. The Balaban J connectivity index is 1.74. The highest BCUT2D eigenvalue weighted by Crippen LogP contribution is 2.34. The number of hydrogen-bond acceptors (Lipinski definition) is 4. The molecule has 0 aliphatic carbocycles. The largest absolute Gasteiger partial charge is 0.275 e. The summed E-state index contributed by atoms with van der Waals surface area (Å²) in [5.41, 5.74) is 3.51. The van der Waals surface area contributed by atoms with Gasteiger partial charge in [0.15, 0.2) is 17.3 Å². The van der Waals surface area contributed by atoms with Crippen molar-refractivity contribution < 1.29 is 13.2 Å². The number of hydrogen-bond donors (Lipinski definition) is 0. The van der Waals surface area contributed by atoms with Crippen LogP contribution in [-0.2, 0) is 7.05 Å². The third-order valence-electron chi connectivity index (χ3n) is 4.96. The van der Waals surface area contributed by atoms with Gasteiger partial charge in [-0.3, -0.25) is 9.67 Å². The number of aromatic nitrogens is 5. The lowest BCUT2D eigenvalue weighted by Crippen LogP contribution is -1.96. The Bertz CT molecular complexity index is 1440. The maximum atomic E-state index is 14.4. The SMILES string of the molecule is Cn1cc(-c2cncc(-c3cc(-c4cc(F)c(F)cc4F)nc4ncccc34)c2)cn1. The van der Waals surface area contributed by atoms with Gasteiger partial charge < -0.3 is 0 Å². The molecule has 0 aliphatic rings. The molecule has 0 spiro atoms. The number of halogens is 3. The molecule has 152 valence electrons. The quantitative estimate of drug-likeness (QED) is 0.380. The summed E-state index contributed by atoms with van der Waals surface area (Å²) in [7, 11) is 1.82. The van der Waals surface area contributed by atoms with E-state index >= 15 is 0 Å². The van der Waals surface area contributed by atoms with Crippen LogP contribution < -0.4 is 0 Å². The van der Waals surface area contributed by atoms with Crippen LogP contribution in [0.3, 0.4) is 0 Å². The van der Waals surface area contributed by atoms with Gasteiger partial charge in [-0.15, -0.1) is 0 Å². The van der Waals surface area contributed by atoms with Gasteiger partial charge in [0.25, 0.3) is 0 Å². The van der Waals surface area contributed by atoms with Gasteiger partial charge in [0.05, 0.1) is 11.9 Å². The first-order valence-corrected chi connectivity index (χ1v) is 9.35. The van der Waals surface area contributed by atoms with E-state index in [-0.39, 0.29) is 11.3 Å². The zero-order chi connectivity index (χ0) is 21.5. The molecule has 0 atom stereocenters. The summed E-state index contributed by atoms with van der Waals surface area (Å²) in [6.45, 7) is 0. The first kappa shape index (κ1) is 18.9. The van der Waals surface area contributed by atoms with Crippen LogP contribution in [0.15, 0.2) is 67.4 Å². The molecule has 1 aromatic carbocycles. The molecule has 31 heavy (non-hydrogen) atoms. The Morgan fingerprint density at radius 3 is 2.42 bits per heavy atom. The summed E-state index contributed by atoms with van der Waals surface area (Å²) < 4.78 is 43.4. The van der Waals surface area contributed by atoms with Gasteiger partial charge in [-0.25, -0.2) is 23.1 Å². The minimum Gasteiger partial charge on any atom is -0.275 e. The maximum absolute atomic E-state index is 14.4. The van der Waals surface area contributed by atoms with E-state index in [1.807, 2.05) is 25.4 Å². The number of rotatable bonds is 3. The van der Waals surface area contributed by atoms with Crippen molar-refractivity contribution in [2.45, 2.75) is 0 Å². The highest BCUT2D eigenvalue weighted by atomic mass is 19.2. The first-order valence-electron chi connectivity index (χ1n) is 9.35. The van der Waals surface area contributed by atoms with E-state index < -0.39 is 17.5 Å². The normalized spacial score (nSPS) is 11.2. The van der Waals surface area contributed by atoms with Crippen molar-refractivity contribution in [3.8, 4) is 33.5 Å².